The van der Waals surface area contributed by atoms with Gasteiger partial charge in [-0.25, -0.2) is 0 Å². The van der Waals surface area contributed by atoms with Crippen LogP contribution in [-0.4, -0.2) is 80.9 Å². The summed E-state index contributed by atoms with van der Waals surface area (Å²) in [4.78, 5) is 46.3. The Morgan fingerprint density at radius 2 is 1.25 bits per heavy atom. The van der Waals surface area contributed by atoms with Crippen LogP contribution in [0.25, 0.3) is 0 Å². The number of esters is 4. The molecule has 11 heteroatoms. The van der Waals surface area contributed by atoms with Gasteiger partial charge in [0.15, 0.2) is 0 Å². The van der Waals surface area contributed by atoms with Crippen LogP contribution in [0.15, 0.2) is 0 Å². The molecule has 5 atom stereocenters. The Hall–Kier alpha value is -1.42. The van der Waals surface area contributed by atoms with Crippen molar-refractivity contribution in [3.8, 4) is 0 Å². The van der Waals surface area contributed by atoms with Crippen molar-refractivity contribution in [1.29, 1.82) is 0 Å². The van der Waals surface area contributed by atoms with Gasteiger partial charge in [-0.2, -0.15) is 0 Å². The normalized spacial score (nSPS) is 27.5. The zero-order valence-electron chi connectivity index (χ0n) is 17.2. The van der Waals surface area contributed by atoms with E-state index in [-0.39, 0.29) is 20.9 Å². The molecule has 1 heterocycles. The van der Waals surface area contributed by atoms with Gasteiger partial charge in [0.2, 0.25) is 0 Å². The van der Waals surface area contributed by atoms with Gasteiger partial charge in [0.05, 0.1) is 0 Å². The summed E-state index contributed by atoms with van der Waals surface area (Å²) in [7, 11) is 0. The molecule has 0 aliphatic carbocycles. The van der Waals surface area contributed by atoms with Crippen molar-refractivity contribution in [3.63, 3.8) is 0 Å². The van der Waals surface area contributed by atoms with Gasteiger partial charge in [-0.15, -0.1) is 0 Å². The minimum absolute atomic E-state index is 0.0822. The van der Waals surface area contributed by atoms with Crippen molar-refractivity contribution < 1.29 is 42.9 Å². The van der Waals surface area contributed by atoms with Crippen LogP contribution in [0.5, 0.6) is 0 Å². The second-order valence-corrected chi connectivity index (χ2v) is 21.9. The van der Waals surface area contributed by atoms with Crippen LogP contribution in [0, 0.1) is 0 Å². The third-order valence-electron chi connectivity index (χ3n) is 3.42. The molecule has 1 rings (SSSR count). The van der Waals surface area contributed by atoms with E-state index in [4.69, 9.17) is 23.7 Å². The molecule has 0 radical (unpaired) electrons. The molecule has 0 aromatic heterocycles. The van der Waals surface area contributed by atoms with E-state index in [2.05, 4.69) is 19.6 Å². The van der Waals surface area contributed by atoms with Gasteiger partial charge in [-0.3, -0.25) is 0 Å². The summed E-state index contributed by atoms with van der Waals surface area (Å²) < 4.78 is 27.3. The SMILES string of the molecule is CC(=O)OC[C@H]1O[C@@H]([Se][Si](C)(C)C)[C@H](OC(C)=O)[C@@H](OC(C)=O)[C@@H]1OC(C)=O. The van der Waals surface area contributed by atoms with Crippen LogP contribution in [0.2, 0.25) is 19.6 Å². The first-order valence-electron chi connectivity index (χ1n) is 8.78. The molecule has 0 spiro atoms. The summed E-state index contributed by atoms with van der Waals surface area (Å²) in [5.41, 5.74) is 0. The van der Waals surface area contributed by atoms with Gasteiger partial charge >= 0.3 is 171 Å². The van der Waals surface area contributed by atoms with Crippen LogP contribution in [-0.2, 0) is 42.9 Å². The molecule has 0 saturated carbocycles. The summed E-state index contributed by atoms with van der Waals surface area (Å²) in [5.74, 6) is -2.34. The summed E-state index contributed by atoms with van der Waals surface area (Å²) in [6.07, 6.45) is -3.93. The van der Waals surface area contributed by atoms with E-state index in [0.717, 1.165) is 0 Å². The first-order valence-corrected chi connectivity index (χ1v) is 15.7. The van der Waals surface area contributed by atoms with E-state index >= 15 is 0 Å². The summed E-state index contributed by atoms with van der Waals surface area (Å²) in [6, 6.07) is 0. The fraction of sp³-hybridized carbons (Fsp3) is 0.765. The molecule has 0 unspecified atom stereocenters. The average Bonchev–Trinajstić information content (AvgIpc) is 2.48. The molecule has 0 amide bonds. The Morgan fingerprint density at radius 3 is 1.68 bits per heavy atom. The predicted octanol–water partition coefficient (Wildman–Crippen LogP) is 0.609. The second-order valence-electron chi connectivity index (χ2n) is 7.30. The summed E-state index contributed by atoms with van der Waals surface area (Å²) >= 11 is -0.0822. The van der Waals surface area contributed by atoms with E-state index in [1.54, 1.807) is 0 Å². The van der Waals surface area contributed by atoms with Gasteiger partial charge in [0.25, 0.3) is 0 Å². The standard InChI is InChI=1S/C17H28O9SeSi/c1-9(18)22-8-13-14(23-10(2)19)15(24-11(3)20)16(25-12(4)21)17(26-13)27-28(5,6)7/h13-17H,8H2,1-7H3/t13-,14-,15+,16-,17+/m1/s1. The molecule has 160 valence electrons. The van der Waals surface area contributed by atoms with E-state index in [0.29, 0.717) is 0 Å². The average molecular weight is 483 g/mol. The monoisotopic (exact) mass is 484 g/mol. The van der Waals surface area contributed by atoms with Crippen molar-refractivity contribution in [2.75, 3.05) is 6.61 Å². The quantitative estimate of drug-likeness (QED) is 0.292. The van der Waals surface area contributed by atoms with Gasteiger partial charge in [-0.05, 0) is 0 Å². The fourth-order valence-electron chi connectivity index (χ4n) is 2.63. The van der Waals surface area contributed by atoms with E-state index in [1.165, 1.54) is 27.7 Å². The van der Waals surface area contributed by atoms with Gasteiger partial charge in [0, 0.05) is 0 Å². The third-order valence-corrected chi connectivity index (χ3v) is 11.1. The number of rotatable bonds is 7. The number of carbonyl (C=O) groups is 4. The van der Waals surface area contributed by atoms with Crippen LogP contribution >= 0.6 is 0 Å². The molecular formula is C17H28O9SeSi. The maximum atomic E-state index is 11.7. The fourth-order valence-corrected chi connectivity index (χ4v) is 9.84. The molecule has 1 fully saturated rings. The van der Waals surface area contributed by atoms with Gasteiger partial charge in [-0.1, -0.05) is 0 Å². The predicted molar refractivity (Wildman–Crippen MR) is 101 cm³/mol. The Kier molecular flexibility index (Phi) is 9.13. The van der Waals surface area contributed by atoms with Crippen molar-refractivity contribution >= 4 is 44.9 Å². The second kappa shape index (κ2) is 10.4. The Balaban J connectivity index is 3.33. The number of hydrogen-bond acceptors (Lipinski definition) is 9. The Bertz CT molecular complexity index is 604. The zero-order valence-corrected chi connectivity index (χ0v) is 19.9. The number of carbonyl (C=O) groups excluding carboxylic acids is 4. The molecule has 0 aromatic rings. The van der Waals surface area contributed by atoms with Crippen LogP contribution in [0.1, 0.15) is 27.7 Å². The molecule has 1 aliphatic rings. The molecule has 1 saturated heterocycles. The Labute approximate surface area is 171 Å². The van der Waals surface area contributed by atoms with E-state index in [1.807, 2.05) is 0 Å². The third kappa shape index (κ3) is 8.30. The molecule has 0 N–H and O–H groups in total. The molecule has 0 aromatic carbocycles. The van der Waals surface area contributed by atoms with Crippen LogP contribution in [0.3, 0.4) is 0 Å². The maximum absolute atomic E-state index is 11.7. The van der Waals surface area contributed by atoms with Crippen LogP contribution < -0.4 is 0 Å². The van der Waals surface area contributed by atoms with Gasteiger partial charge < -0.3 is 0 Å². The van der Waals surface area contributed by atoms with Crippen molar-refractivity contribution in [2.45, 2.75) is 76.8 Å². The number of hydrogen-bond donors (Lipinski definition) is 0. The van der Waals surface area contributed by atoms with Crippen LogP contribution in [0.4, 0.5) is 0 Å². The van der Waals surface area contributed by atoms with Crippen molar-refractivity contribution in [1.82, 2.24) is 0 Å². The molecular weight excluding hydrogens is 455 g/mol. The summed E-state index contributed by atoms with van der Waals surface area (Å²) in [5, 5.41) is -0.542. The van der Waals surface area contributed by atoms with E-state index < -0.39 is 60.0 Å². The zero-order chi connectivity index (χ0) is 21.6. The summed E-state index contributed by atoms with van der Waals surface area (Å²) in [6.45, 7) is 9.50. The number of ether oxygens (including phenoxy) is 5. The molecule has 0 bridgehead atoms. The Morgan fingerprint density at radius 1 is 0.786 bits per heavy atom. The topological polar surface area (TPSA) is 114 Å². The van der Waals surface area contributed by atoms with E-state index in [9.17, 15) is 19.2 Å². The molecule has 1 aliphatic heterocycles. The molecule has 28 heavy (non-hydrogen) atoms. The van der Waals surface area contributed by atoms with Crippen molar-refractivity contribution in [3.05, 3.63) is 0 Å². The van der Waals surface area contributed by atoms with Crippen molar-refractivity contribution in [2.24, 2.45) is 0 Å². The molecule has 9 nitrogen and oxygen atoms in total. The minimum atomic E-state index is -1.65. The first kappa shape index (κ1) is 24.6. The van der Waals surface area contributed by atoms with Gasteiger partial charge in [0.1, 0.15) is 0 Å². The first-order chi connectivity index (χ1) is 12.8.